The van der Waals surface area contributed by atoms with Gasteiger partial charge in [-0.1, -0.05) is 19.9 Å². The van der Waals surface area contributed by atoms with Gasteiger partial charge in [0.25, 0.3) is 0 Å². The topological polar surface area (TPSA) is 38.9 Å². The molecule has 1 heterocycles. The SMILES string of the molecule is CC(C)C1CCC(C(N)c2cccnc2)CC1. The van der Waals surface area contributed by atoms with E-state index in [1.54, 1.807) is 0 Å². The van der Waals surface area contributed by atoms with Gasteiger partial charge in [-0.05, 0) is 55.1 Å². The number of nitrogens with zero attached hydrogens (tertiary/aromatic N) is 1. The van der Waals surface area contributed by atoms with E-state index in [1.807, 2.05) is 18.5 Å². The molecule has 2 nitrogen and oxygen atoms in total. The highest BCUT2D eigenvalue weighted by atomic mass is 14.7. The summed E-state index contributed by atoms with van der Waals surface area (Å²) in [6.45, 7) is 4.68. The summed E-state index contributed by atoms with van der Waals surface area (Å²) in [6.07, 6.45) is 8.97. The van der Waals surface area contributed by atoms with Gasteiger partial charge in [0.05, 0.1) is 0 Å². The quantitative estimate of drug-likeness (QED) is 0.865. The molecule has 1 aromatic heterocycles. The molecule has 1 atom stereocenters. The Balaban J connectivity index is 1.93. The standard InChI is InChI=1S/C15H24N2/c1-11(2)12-5-7-13(8-6-12)15(16)14-4-3-9-17-10-14/h3-4,9-13,15H,5-8,16H2,1-2H3. The minimum Gasteiger partial charge on any atom is -0.324 e. The number of pyridine rings is 1. The Bertz CT molecular complexity index is 326. The Morgan fingerprint density at radius 2 is 1.82 bits per heavy atom. The van der Waals surface area contributed by atoms with Crippen molar-refractivity contribution in [1.82, 2.24) is 4.98 Å². The van der Waals surface area contributed by atoms with Crippen molar-refractivity contribution in [1.29, 1.82) is 0 Å². The highest BCUT2D eigenvalue weighted by molar-refractivity contribution is 5.14. The van der Waals surface area contributed by atoms with E-state index >= 15 is 0 Å². The summed E-state index contributed by atoms with van der Waals surface area (Å²) < 4.78 is 0. The lowest BCUT2D eigenvalue weighted by atomic mass is 9.74. The highest BCUT2D eigenvalue weighted by Gasteiger charge is 2.27. The second-order valence-electron chi connectivity index (χ2n) is 5.73. The third-order valence-electron chi connectivity index (χ3n) is 4.34. The van der Waals surface area contributed by atoms with Crippen LogP contribution in [-0.4, -0.2) is 4.98 Å². The molecule has 2 rings (SSSR count). The van der Waals surface area contributed by atoms with Crippen LogP contribution in [0.4, 0.5) is 0 Å². The minimum absolute atomic E-state index is 0.178. The van der Waals surface area contributed by atoms with Crippen molar-refractivity contribution in [3.8, 4) is 0 Å². The minimum atomic E-state index is 0.178. The van der Waals surface area contributed by atoms with Gasteiger partial charge in [-0.25, -0.2) is 0 Å². The summed E-state index contributed by atoms with van der Waals surface area (Å²) in [4.78, 5) is 4.16. The third-order valence-corrected chi connectivity index (χ3v) is 4.34. The molecule has 1 unspecified atom stereocenters. The van der Waals surface area contributed by atoms with Crippen molar-refractivity contribution in [3.05, 3.63) is 30.1 Å². The number of rotatable bonds is 3. The van der Waals surface area contributed by atoms with Crippen LogP contribution in [0.2, 0.25) is 0 Å². The van der Waals surface area contributed by atoms with Crippen LogP contribution in [0.25, 0.3) is 0 Å². The van der Waals surface area contributed by atoms with Crippen LogP contribution in [-0.2, 0) is 0 Å². The molecular weight excluding hydrogens is 208 g/mol. The Kier molecular flexibility index (Phi) is 4.16. The van der Waals surface area contributed by atoms with Crippen molar-refractivity contribution in [2.45, 2.75) is 45.6 Å². The summed E-state index contributed by atoms with van der Waals surface area (Å²) in [5.41, 5.74) is 7.55. The van der Waals surface area contributed by atoms with Crippen LogP contribution in [0.5, 0.6) is 0 Å². The van der Waals surface area contributed by atoms with Crippen molar-refractivity contribution in [2.75, 3.05) is 0 Å². The first-order chi connectivity index (χ1) is 8.18. The zero-order valence-electron chi connectivity index (χ0n) is 11.0. The van der Waals surface area contributed by atoms with Gasteiger partial charge in [-0.15, -0.1) is 0 Å². The summed E-state index contributed by atoms with van der Waals surface area (Å²) in [7, 11) is 0. The van der Waals surface area contributed by atoms with Crippen molar-refractivity contribution in [2.24, 2.45) is 23.5 Å². The van der Waals surface area contributed by atoms with E-state index in [4.69, 9.17) is 5.73 Å². The normalized spacial score (nSPS) is 27.1. The van der Waals surface area contributed by atoms with E-state index in [0.717, 1.165) is 11.8 Å². The van der Waals surface area contributed by atoms with Crippen LogP contribution in [0, 0.1) is 17.8 Å². The molecule has 1 fully saturated rings. The van der Waals surface area contributed by atoms with Crippen molar-refractivity contribution in [3.63, 3.8) is 0 Å². The molecule has 0 amide bonds. The van der Waals surface area contributed by atoms with Crippen LogP contribution >= 0.6 is 0 Å². The van der Waals surface area contributed by atoms with E-state index < -0.39 is 0 Å². The van der Waals surface area contributed by atoms with Crippen LogP contribution in [0.15, 0.2) is 24.5 Å². The molecule has 1 aromatic rings. The average Bonchev–Trinajstić information content (AvgIpc) is 2.39. The Morgan fingerprint density at radius 3 is 2.35 bits per heavy atom. The molecule has 2 heteroatoms. The fourth-order valence-electron chi connectivity index (χ4n) is 3.02. The lowest BCUT2D eigenvalue weighted by molar-refractivity contribution is 0.203. The van der Waals surface area contributed by atoms with Gasteiger partial charge in [-0.3, -0.25) is 4.98 Å². The Morgan fingerprint density at radius 1 is 1.18 bits per heavy atom. The highest BCUT2D eigenvalue weighted by Crippen LogP contribution is 2.38. The molecule has 0 saturated heterocycles. The van der Waals surface area contributed by atoms with E-state index in [-0.39, 0.29) is 6.04 Å². The fraction of sp³-hybridized carbons (Fsp3) is 0.667. The summed E-state index contributed by atoms with van der Waals surface area (Å²) >= 11 is 0. The van der Waals surface area contributed by atoms with Crippen molar-refractivity contribution >= 4 is 0 Å². The smallest absolute Gasteiger partial charge is 0.0338 e. The molecule has 2 N–H and O–H groups in total. The maximum atomic E-state index is 6.35. The van der Waals surface area contributed by atoms with E-state index in [2.05, 4.69) is 24.9 Å². The van der Waals surface area contributed by atoms with Gasteiger partial charge < -0.3 is 5.73 Å². The maximum absolute atomic E-state index is 6.35. The van der Waals surface area contributed by atoms with Crippen molar-refractivity contribution < 1.29 is 0 Å². The third kappa shape index (κ3) is 3.06. The zero-order valence-corrected chi connectivity index (χ0v) is 11.0. The Hall–Kier alpha value is -0.890. The number of nitrogens with two attached hydrogens (primary N) is 1. The first kappa shape index (κ1) is 12.6. The second-order valence-corrected chi connectivity index (χ2v) is 5.73. The molecule has 1 saturated carbocycles. The molecule has 1 aliphatic rings. The number of hydrogen-bond donors (Lipinski definition) is 1. The number of aromatic nitrogens is 1. The molecule has 0 radical (unpaired) electrons. The van der Waals surface area contributed by atoms with Gasteiger partial charge in [0.15, 0.2) is 0 Å². The summed E-state index contributed by atoms with van der Waals surface area (Å²) in [5.74, 6) is 2.38. The van der Waals surface area contributed by atoms with Gasteiger partial charge in [0, 0.05) is 18.4 Å². The predicted octanol–water partition coefficient (Wildman–Crippen LogP) is 3.54. The molecular formula is C15H24N2. The molecule has 0 spiro atoms. The first-order valence-electron chi connectivity index (χ1n) is 6.84. The van der Waals surface area contributed by atoms with E-state index in [0.29, 0.717) is 5.92 Å². The van der Waals surface area contributed by atoms with Crippen LogP contribution in [0.1, 0.15) is 51.1 Å². The van der Waals surface area contributed by atoms with Gasteiger partial charge in [-0.2, -0.15) is 0 Å². The molecule has 0 bridgehead atoms. The van der Waals surface area contributed by atoms with Crippen LogP contribution < -0.4 is 5.73 Å². The predicted molar refractivity (Wildman–Crippen MR) is 71.5 cm³/mol. The van der Waals surface area contributed by atoms with Gasteiger partial charge in [0.2, 0.25) is 0 Å². The van der Waals surface area contributed by atoms with Crippen LogP contribution in [0.3, 0.4) is 0 Å². The van der Waals surface area contributed by atoms with Gasteiger partial charge >= 0.3 is 0 Å². The Labute approximate surface area is 105 Å². The summed E-state index contributed by atoms with van der Waals surface area (Å²) in [6, 6.07) is 4.26. The monoisotopic (exact) mass is 232 g/mol. The van der Waals surface area contributed by atoms with Gasteiger partial charge in [0.1, 0.15) is 0 Å². The first-order valence-corrected chi connectivity index (χ1v) is 6.84. The fourth-order valence-corrected chi connectivity index (χ4v) is 3.02. The molecule has 17 heavy (non-hydrogen) atoms. The molecule has 0 aliphatic heterocycles. The molecule has 1 aliphatic carbocycles. The number of hydrogen-bond acceptors (Lipinski definition) is 2. The van der Waals surface area contributed by atoms with E-state index in [1.165, 1.54) is 31.2 Å². The van der Waals surface area contributed by atoms with E-state index in [9.17, 15) is 0 Å². The average molecular weight is 232 g/mol. The zero-order chi connectivity index (χ0) is 12.3. The lowest BCUT2D eigenvalue weighted by Crippen LogP contribution is -2.27. The molecule has 94 valence electrons. The second kappa shape index (κ2) is 5.63. The summed E-state index contributed by atoms with van der Waals surface area (Å²) in [5, 5.41) is 0. The maximum Gasteiger partial charge on any atom is 0.0338 e. The lowest BCUT2D eigenvalue weighted by Gasteiger charge is -2.34. The molecule has 0 aromatic carbocycles. The largest absolute Gasteiger partial charge is 0.324 e.